The van der Waals surface area contributed by atoms with Crippen molar-refractivity contribution < 1.29 is 18.3 Å². The van der Waals surface area contributed by atoms with E-state index < -0.39 is 17.5 Å². The average molecular weight is 468 g/mol. The van der Waals surface area contributed by atoms with Gasteiger partial charge in [-0.1, -0.05) is 0 Å². The number of benzene rings is 2. The van der Waals surface area contributed by atoms with Crippen LogP contribution in [0.25, 0.3) is 0 Å². The Hall–Kier alpha value is -3.72. The zero-order valence-electron chi connectivity index (χ0n) is 19.0. The van der Waals surface area contributed by atoms with Crippen LogP contribution in [0.4, 0.5) is 31.7 Å². The van der Waals surface area contributed by atoms with E-state index in [1.165, 1.54) is 18.3 Å². The first-order valence-electron chi connectivity index (χ1n) is 11.0. The summed E-state index contributed by atoms with van der Waals surface area (Å²) in [6.07, 6.45) is 1.71. The Morgan fingerprint density at radius 3 is 2.35 bits per heavy atom. The second kappa shape index (κ2) is 10.0. The second-order valence-electron chi connectivity index (χ2n) is 8.44. The fourth-order valence-electron chi connectivity index (χ4n) is 4.07. The number of nitrogens with one attached hydrogen (secondary N) is 2. The minimum Gasteiger partial charge on any atom is -0.380 e. The predicted octanol–water partition coefficient (Wildman–Crippen LogP) is 4.43. The minimum absolute atomic E-state index is 0.101. The van der Waals surface area contributed by atoms with Gasteiger partial charge in [-0.25, -0.2) is 13.8 Å². The molecule has 1 saturated heterocycles. The number of hydrogen-bond donors (Lipinski definition) is 3. The lowest BCUT2D eigenvalue weighted by atomic mass is 10.1. The summed E-state index contributed by atoms with van der Waals surface area (Å²) in [6, 6.07) is 12.8. The van der Waals surface area contributed by atoms with Crippen molar-refractivity contribution in [1.29, 1.82) is 0 Å². The maximum absolute atomic E-state index is 13.5. The Labute approximate surface area is 196 Å². The summed E-state index contributed by atoms with van der Waals surface area (Å²) in [7, 11) is 0. The summed E-state index contributed by atoms with van der Waals surface area (Å²) in [5, 5.41) is 6.23. The lowest BCUT2D eigenvalue weighted by Gasteiger charge is -2.36. The molecule has 7 nitrogen and oxygen atoms in total. The van der Waals surface area contributed by atoms with Gasteiger partial charge in [0, 0.05) is 49.3 Å². The molecule has 0 spiro atoms. The van der Waals surface area contributed by atoms with E-state index in [4.69, 9.17) is 10.5 Å². The fourth-order valence-corrected chi connectivity index (χ4v) is 4.07. The van der Waals surface area contributed by atoms with Gasteiger partial charge in [0.1, 0.15) is 17.5 Å². The highest BCUT2D eigenvalue weighted by Gasteiger charge is 2.22. The number of nitrogens with zero attached hydrogens (tertiary/aromatic N) is 2. The number of anilines is 4. The van der Waals surface area contributed by atoms with Crippen LogP contribution in [0.1, 0.15) is 29.8 Å². The van der Waals surface area contributed by atoms with E-state index in [1.807, 2.05) is 24.3 Å². The number of hydrogen-bond acceptors (Lipinski definition) is 6. The Morgan fingerprint density at radius 1 is 1.09 bits per heavy atom. The number of primary amides is 1. The molecule has 0 saturated carbocycles. The standard InChI is InChI=1S/C25H27F2N5O2/c1-15-13-32(14-16(2)34-15)21-5-3-20(4-6-21)31-24-10-23(22(12-30-24)25(28)33)29-11-17-7-18(26)9-19(27)8-17/h3-10,12,15-16H,11,13-14H2,1-2H3,(H2,28,33)(H2,29,30,31). The highest BCUT2D eigenvalue weighted by atomic mass is 19.1. The molecule has 0 radical (unpaired) electrons. The minimum atomic E-state index is -0.673. The van der Waals surface area contributed by atoms with Gasteiger partial charge < -0.3 is 26.0 Å². The van der Waals surface area contributed by atoms with E-state index in [2.05, 4.69) is 34.4 Å². The molecule has 34 heavy (non-hydrogen) atoms. The monoisotopic (exact) mass is 467 g/mol. The molecule has 9 heteroatoms. The number of ether oxygens (including phenoxy) is 1. The molecule has 178 valence electrons. The molecule has 4 rings (SSSR count). The highest BCUT2D eigenvalue weighted by Crippen LogP contribution is 2.26. The van der Waals surface area contributed by atoms with E-state index >= 15 is 0 Å². The van der Waals surface area contributed by atoms with Crippen LogP contribution < -0.4 is 21.3 Å². The van der Waals surface area contributed by atoms with Gasteiger partial charge in [0.25, 0.3) is 5.91 Å². The van der Waals surface area contributed by atoms with Gasteiger partial charge in [-0.15, -0.1) is 0 Å². The van der Waals surface area contributed by atoms with Crippen molar-refractivity contribution in [2.75, 3.05) is 28.6 Å². The van der Waals surface area contributed by atoms with Crippen LogP contribution in [0.15, 0.2) is 54.7 Å². The van der Waals surface area contributed by atoms with Crippen LogP contribution in [0, 0.1) is 11.6 Å². The molecule has 2 heterocycles. The molecule has 1 amide bonds. The number of halogens is 2. The Morgan fingerprint density at radius 2 is 1.74 bits per heavy atom. The van der Waals surface area contributed by atoms with Crippen LogP contribution in [-0.4, -0.2) is 36.2 Å². The van der Waals surface area contributed by atoms with Gasteiger partial charge in [-0.05, 0) is 55.8 Å². The first kappa shape index (κ1) is 23.4. The van der Waals surface area contributed by atoms with Gasteiger partial charge in [-0.2, -0.15) is 0 Å². The summed E-state index contributed by atoms with van der Waals surface area (Å²) < 4.78 is 32.8. The second-order valence-corrected chi connectivity index (χ2v) is 8.44. The van der Waals surface area contributed by atoms with Gasteiger partial charge in [-0.3, -0.25) is 4.79 Å². The third-order valence-electron chi connectivity index (χ3n) is 5.50. The van der Waals surface area contributed by atoms with Crippen LogP contribution in [0.5, 0.6) is 0 Å². The van der Waals surface area contributed by atoms with E-state index in [0.29, 0.717) is 17.1 Å². The fraction of sp³-hybridized carbons (Fsp3) is 0.280. The summed E-state index contributed by atoms with van der Waals surface area (Å²) in [4.78, 5) is 18.4. The van der Waals surface area contributed by atoms with Crippen molar-refractivity contribution in [2.24, 2.45) is 5.73 Å². The molecule has 0 bridgehead atoms. The molecule has 3 aromatic rings. The molecule has 2 aromatic carbocycles. The third-order valence-corrected chi connectivity index (χ3v) is 5.50. The molecule has 1 aliphatic rings. The number of carbonyl (C=O) groups is 1. The Kier molecular flexibility index (Phi) is 6.93. The lowest BCUT2D eigenvalue weighted by Crippen LogP contribution is -2.45. The summed E-state index contributed by atoms with van der Waals surface area (Å²) in [5.41, 5.74) is 8.36. The highest BCUT2D eigenvalue weighted by molar-refractivity contribution is 5.98. The van der Waals surface area contributed by atoms with Crippen LogP contribution in [0.2, 0.25) is 0 Å². The van der Waals surface area contributed by atoms with Crippen molar-refractivity contribution in [3.8, 4) is 0 Å². The lowest BCUT2D eigenvalue weighted by molar-refractivity contribution is -0.00521. The summed E-state index contributed by atoms with van der Waals surface area (Å²) in [6.45, 7) is 5.89. The number of pyridine rings is 1. The van der Waals surface area contributed by atoms with Crippen molar-refractivity contribution in [3.05, 3.63) is 77.5 Å². The van der Waals surface area contributed by atoms with Crippen molar-refractivity contribution in [3.63, 3.8) is 0 Å². The first-order chi connectivity index (χ1) is 16.3. The van der Waals surface area contributed by atoms with Crippen LogP contribution in [-0.2, 0) is 11.3 Å². The molecule has 1 aliphatic heterocycles. The number of morpholine rings is 1. The summed E-state index contributed by atoms with van der Waals surface area (Å²) >= 11 is 0. The smallest absolute Gasteiger partial charge is 0.252 e. The van der Waals surface area contributed by atoms with Gasteiger partial charge in [0.15, 0.2) is 0 Å². The maximum atomic E-state index is 13.5. The molecule has 2 unspecified atom stereocenters. The number of nitrogens with two attached hydrogens (primary N) is 1. The Bertz CT molecular complexity index is 1140. The molecule has 1 aromatic heterocycles. The van der Waals surface area contributed by atoms with Crippen LogP contribution >= 0.6 is 0 Å². The average Bonchev–Trinajstić information content (AvgIpc) is 2.77. The van der Waals surface area contributed by atoms with Crippen LogP contribution in [0.3, 0.4) is 0 Å². The van der Waals surface area contributed by atoms with Crippen molar-refractivity contribution >= 4 is 28.8 Å². The summed E-state index contributed by atoms with van der Waals surface area (Å²) in [5.74, 6) is -1.52. The number of amides is 1. The zero-order chi connectivity index (χ0) is 24.2. The molecule has 1 fully saturated rings. The largest absolute Gasteiger partial charge is 0.380 e. The number of rotatable bonds is 7. The first-order valence-corrected chi connectivity index (χ1v) is 11.0. The predicted molar refractivity (Wildman–Crippen MR) is 128 cm³/mol. The van der Waals surface area contributed by atoms with E-state index in [0.717, 1.165) is 30.5 Å². The van der Waals surface area contributed by atoms with Gasteiger partial charge in [0.05, 0.1) is 23.5 Å². The quantitative estimate of drug-likeness (QED) is 0.476. The molecular formula is C25H27F2N5O2. The van der Waals surface area contributed by atoms with E-state index in [1.54, 1.807) is 6.07 Å². The molecule has 0 aliphatic carbocycles. The SMILES string of the molecule is CC1CN(c2ccc(Nc3cc(NCc4cc(F)cc(F)c4)c(C(N)=O)cn3)cc2)CC(C)O1. The van der Waals surface area contributed by atoms with Gasteiger partial charge >= 0.3 is 0 Å². The third kappa shape index (κ3) is 5.79. The zero-order valence-corrected chi connectivity index (χ0v) is 19.0. The maximum Gasteiger partial charge on any atom is 0.252 e. The van der Waals surface area contributed by atoms with Crippen molar-refractivity contribution in [2.45, 2.75) is 32.6 Å². The number of aromatic nitrogens is 1. The van der Waals surface area contributed by atoms with Gasteiger partial charge in [0.2, 0.25) is 0 Å². The molecule has 2 atom stereocenters. The van der Waals surface area contributed by atoms with E-state index in [-0.39, 0.29) is 24.3 Å². The number of carbonyl (C=O) groups excluding carboxylic acids is 1. The topological polar surface area (TPSA) is 92.5 Å². The molecular weight excluding hydrogens is 440 g/mol. The molecule has 4 N–H and O–H groups in total. The van der Waals surface area contributed by atoms with E-state index in [9.17, 15) is 13.6 Å². The van der Waals surface area contributed by atoms with Crippen molar-refractivity contribution in [1.82, 2.24) is 4.98 Å². The Balaban J connectivity index is 1.48. The normalized spacial score (nSPS) is 17.9.